The van der Waals surface area contributed by atoms with Gasteiger partial charge in [-0.15, -0.1) is 0 Å². The second-order valence-corrected chi connectivity index (χ2v) is 5.37. The Kier molecular flexibility index (Phi) is 3.92. The fourth-order valence-electron chi connectivity index (χ4n) is 2.18. The lowest BCUT2D eigenvalue weighted by Gasteiger charge is -2.33. The van der Waals surface area contributed by atoms with Crippen molar-refractivity contribution in [1.29, 1.82) is 0 Å². The summed E-state index contributed by atoms with van der Waals surface area (Å²) < 4.78 is 1.41. The molecular formula is C12H19ClN4O. The lowest BCUT2D eigenvalue weighted by atomic mass is 10.2. The van der Waals surface area contributed by atoms with E-state index in [1.54, 1.807) is 6.20 Å². The van der Waals surface area contributed by atoms with Crippen molar-refractivity contribution in [1.82, 2.24) is 15.1 Å². The highest BCUT2D eigenvalue weighted by molar-refractivity contribution is 6.33. The Balaban J connectivity index is 2.35. The average molecular weight is 271 g/mol. The topological polar surface area (TPSA) is 50.2 Å². The standard InChI is InChI=1S/C12H19ClN4O/c1-8(2)17-12(18)11(13)10(6-15-17)16-5-4-14-9(3)7-16/h6,8-9,14H,4-5,7H2,1-3H3. The summed E-state index contributed by atoms with van der Waals surface area (Å²) in [6.07, 6.45) is 1.70. The van der Waals surface area contributed by atoms with E-state index in [2.05, 4.69) is 22.2 Å². The minimum Gasteiger partial charge on any atom is -0.366 e. The molecule has 1 aromatic heterocycles. The molecule has 0 aromatic carbocycles. The van der Waals surface area contributed by atoms with Crippen LogP contribution in [0, 0.1) is 0 Å². The molecule has 1 unspecified atom stereocenters. The van der Waals surface area contributed by atoms with Gasteiger partial charge in [0.2, 0.25) is 0 Å². The summed E-state index contributed by atoms with van der Waals surface area (Å²) in [4.78, 5) is 14.2. The number of anilines is 1. The van der Waals surface area contributed by atoms with Crippen molar-refractivity contribution in [2.75, 3.05) is 24.5 Å². The molecule has 6 heteroatoms. The molecule has 0 spiro atoms. The molecule has 2 rings (SSSR count). The van der Waals surface area contributed by atoms with Gasteiger partial charge in [0.15, 0.2) is 0 Å². The normalized spacial score (nSPS) is 20.5. The van der Waals surface area contributed by atoms with Crippen LogP contribution in [0.4, 0.5) is 5.69 Å². The summed E-state index contributed by atoms with van der Waals surface area (Å²) in [6, 6.07) is 0.411. The van der Waals surface area contributed by atoms with Crippen molar-refractivity contribution in [3.63, 3.8) is 0 Å². The lowest BCUT2D eigenvalue weighted by Crippen LogP contribution is -2.49. The van der Waals surface area contributed by atoms with Crippen LogP contribution in [0.1, 0.15) is 26.8 Å². The summed E-state index contributed by atoms with van der Waals surface area (Å²) in [5.41, 5.74) is 0.530. The molecule has 1 aliphatic rings. The molecule has 0 radical (unpaired) electrons. The van der Waals surface area contributed by atoms with Crippen LogP contribution in [0.15, 0.2) is 11.0 Å². The van der Waals surface area contributed by atoms with E-state index in [0.29, 0.717) is 6.04 Å². The molecule has 1 atom stereocenters. The molecular weight excluding hydrogens is 252 g/mol. The summed E-state index contributed by atoms with van der Waals surface area (Å²) in [5, 5.41) is 7.82. The van der Waals surface area contributed by atoms with E-state index < -0.39 is 0 Å². The van der Waals surface area contributed by atoms with Gasteiger partial charge in [0.25, 0.3) is 5.56 Å². The van der Waals surface area contributed by atoms with Crippen molar-refractivity contribution in [2.24, 2.45) is 0 Å². The second-order valence-electron chi connectivity index (χ2n) is 4.99. The number of rotatable bonds is 2. The zero-order valence-corrected chi connectivity index (χ0v) is 11.7. The predicted molar refractivity (Wildman–Crippen MR) is 73.6 cm³/mol. The Hall–Kier alpha value is -1.07. The van der Waals surface area contributed by atoms with Crippen molar-refractivity contribution < 1.29 is 0 Å². The molecule has 2 heterocycles. The third-order valence-electron chi connectivity index (χ3n) is 3.12. The Bertz CT molecular complexity index is 485. The van der Waals surface area contributed by atoms with Crippen LogP contribution < -0.4 is 15.8 Å². The molecule has 100 valence electrons. The quantitative estimate of drug-likeness (QED) is 0.880. The zero-order valence-electron chi connectivity index (χ0n) is 11.0. The summed E-state index contributed by atoms with van der Waals surface area (Å²) >= 11 is 6.19. The summed E-state index contributed by atoms with van der Waals surface area (Å²) in [7, 11) is 0. The van der Waals surface area contributed by atoms with Crippen LogP contribution >= 0.6 is 11.6 Å². The van der Waals surface area contributed by atoms with E-state index in [-0.39, 0.29) is 16.6 Å². The van der Waals surface area contributed by atoms with Crippen LogP contribution in [-0.4, -0.2) is 35.5 Å². The molecule has 0 amide bonds. The van der Waals surface area contributed by atoms with Crippen LogP contribution in [0.2, 0.25) is 5.02 Å². The minimum atomic E-state index is -0.213. The van der Waals surface area contributed by atoms with Crippen molar-refractivity contribution in [2.45, 2.75) is 32.9 Å². The third kappa shape index (κ3) is 2.52. The van der Waals surface area contributed by atoms with E-state index in [0.717, 1.165) is 25.3 Å². The number of hydrogen-bond acceptors (Lipinski definition) is 4. The molecule has 1 aliphatic heterocycles. The van der Waals surface area contributed by atoms with Gasteiger partial charge in [-0.2, -0.15) is 5.10 Å². The zero-order chi connectivity index (χ0) is 13.3. The van der Waals surface area contributed by atoms with Crippen LogP contribution in [-0.2, 0) is 0 Å². The maximum absolute atomic E-state index is 12.1. The smallest absolute Gasteiger partial charge is 0.287 e. The number of nitrogens with one attached hydrogen (secondary N) is 1. The predicted octanol–water partition coefficient (Wildman–Crippen LogP) is 1.28. The van der Waals surface area contributed by atoms with Crippen LogP contribution in [0.25, 0.3) is 0 Å². The molecule has 1 saturated heterocycles. The first-order chi connectivity index (χ1) is 8.50. The number of nitrogens with zero attached hydrogens (tertiary/aromatic N) is 3. The van der Waals surface area contributed by atoms with Crippen LogP contribution in [0.5, 0.6) is 0 Å². The third-order valence-corrected chi connectivity index (χ3v) is 3.48. The van der Waals surface area contributed by atoms with Crippen molar-refractivity contribution in [3.05, 3.63) is 21.6 Å². The van der Waals surface area contributed by atoms with Gasteiger partial charge in [0.05, 0.1) is 17.9 Å². The maximum Gasteiger partial charge on any atom is 0.287 e. The maximum atomic E-state index is 12.1. The summed E-state index contributed by atoms with van der Waals surface area (Å²) in [5.74, 6) is 0. The first-order valence-electron chi connectivity index (χ1n) is 6.26. The molecule has 5 nitrogen and oxygen atoms in total. The molecule has 0 bridgehead atoms. The lowest BCUT2D eigenvalue weighted by molar-refractivity contribution is 0.477. The van der Waals surface area contributed by atoms with Gasteiger partial charge in [0.1, 0.15) is 5.02 Å². The van der Waals surface area contributed by atoms with E-state index in [4.69, 9.17) is 11.6 Å². The van der Waals surface area contributed by atoms with Gasteiger partial charge in [-0.1, -0.05) is 11.6 Å². The fourth-order valence-corrected chi connectivity index (χ4v) is 2.43. The number of halogens is 1. The second kappa shape index (κ2) is 5.28. The van der Waals surface area contributed by atoms with Crippen LogP contribution in [0.3, 0.4) is 0 Å². The molecule has 1 aromatic rings. The van der Waals surface area contributed by atoms with E-state index in [1.165, 1.54) is 4.68 Å². The van der Waals surface area contributed by atoms with E-state index in [1.807, 2.05) is 13.8 Å². The molecule has 1 N–H and O–H groups in total. The Morgan fingerprint density at radius 3 is 2.89 bits per heavy atom. The molecule has 18 heavy (non-hydrogen) atoms. The van der Waals surface area contributed by atoms with Gasteiger partial charge in [0, 0.05) is 25.7 Å². The van der Waals surface area contributed by atoms with E-state index in [9.17, 15) is 4.79 Å². The fraction of sp³-hybridized carbons (Fsp3) is 0.667. The highest BCUT2D eigenvalue weighted by Crippen LogP contribution is 2.22. The first-order valence-corrected chi connectivity index (χ1v) is 6.64. The monoisotopic (exact) mass is 270 g/mol. The average Bonchev–Trinajstić information content (AvgIpc) is 2.32. The number of hydrogen-bond donors (Lipinski definition) is 1. The molecule has 0 saturated carbocycles. The highest BCUT2D eigenvalue weighted by Gasteiger charge is 2.21. The van der Waals surface area contributed by atoms with Gasteiger partial charge in [-0.25, -0.2) is 4.68 Å². The largest absolute Gasteiger partial charge is 0.366 e. The van der Waals surface area contributed by atoms with Gasteiger partial charge in [-0.05, 0) is 20.8 Å². The van der Waals surface area contributed by atoms with Crippen molar-refractivity contribution in [3.8, 4) is 0 Å². The number of aromatic nitrogens is 2. The number of piperazine rings is 1. The molecule has 1 fully saturated rings. The van der Waals surface area contributed by atoms with Crippen molar-refractivity contribution >= 4 is 17.3 Å². The molecule has 0 aliphatic carbocycles. The van der Waals surface area contributed by atoms with Gasteiger partial charge >= 0.3 is 0 Å². The van der Waals surface area contributed by atoms with Gasteiger partial charge < -0.3 is 10.2 Å². The SMILES string of the molecule is CC1CN(c2cnn(C(C)C)c(=O)c2Cl)CCN1. The Morgan fingerprint density at radius 2 is 2.28 bits per heavy atom. The highest BCUT2D eigenvalue weighted by atomic mass is 35.5. The van der Waals surface area contributed by atoms with E-state index >= 15 is 0 Å². The Morgan fingerprint density at radius 1 is 1.56 bits per heavy atom. The first kappa shape index (κ1) is 13.4. The summed E-state index contributed by atoms with van der Waals surface area (Å²) in [6.45, 7) is 8.52. The minimum absolute atomic E-state index is 0.0194. The van der Waals surface area contributed by atoms with Gasteiger partial charge in [-0.3, -0.25) is 4.79 Å². The Labute approximate surface area is 112 Å².